The van der Waals surface area contributed by atoms with Crippen molar-refractivity contribution in [3.05, 3.63) is 53.2 Å². The molecule has 2 heterocycles. The first-order valence-corrected chi connectivity index (χ1v) is 6.88. The fourth-order valence-corrected chi connectivity index (χ4v) is 2.40. The van der Waals surface area contributed by atoms with Crippen molar-refractivity contribution in [2.75, 3.05) is 10.6 Å². The summed E-state index contributed by atoms with van der Waals surface area (Å²) in [6.07, 6.45) is 1.55. The summed E-state index contributed by atoms with van der Waals surface area (Å²) in [5.74, 6) is 0.604. The van der Waals surface area contributed by atoms with Gasteiger partial charge in [0, 0.05) is 0 Å². The Balaban J connectivity index is 1.70. The van der Waals surface area contributed by atoms with E-state index in [0.29, 0.717) is 23.1 Å². The van der Waals surface area contributed by atoms with Crippen molar-refractivity contribution in [2.24, 2.45) is 0 Å². The van der Waals surface area contributed by atoms with Crippen molar-refractivity contribution in [1.29, 1.82) is 0 Å². The normalized spacial score (nSPS) is 17.1. The van der Waals surface area contributed by atoms with Crippen molar-refractivity contribution < 1.29 is 4.79 Å². The molecule has 1 aliphatic rings. The maximum atomic E-state index is 12.0. The Kier molecular flexibility index (Phi) is 3.56. The van der Waals surface area contributed by atoms with Gasteiger partial charge in [0.1, 0.15) is 11.2 Å². The van der Waals surface area contributed by atoms with Gasteiger partial charge in [-0.05, 0) is 30.5 Å². The number of nitrogens with zero attached hydrogens (tertiary/aromatic N) is 1. The summed E-state index contributed by atoms with van der Waals surface area (Å²) in [6.45, 7) is 0. The highest BCUT2D eigenvalue weighted by Gasteiger charge is 2.25. The number of pyridine rings is 1. The van der Waals surface area contributed by atoms with Gasteiger partial charge in [0.2, 0.25) is 5.91 Å². The molecule has 0 fully saturated rings. The molecule has 3 rings (SSSR count). The zero-order chi connectivity index (χ0) is 13.9. The van der Waals surface area contributed by atoms with Gasteiger partial charge in [-0.1, -0.05) is 41.9 Å². The van der Waals surface area contributed by atoms with E-state index in [-0.39, 0.29) is 11.9 Å². The fraction of sp³-hybridized carbons (Fsp3) is 0.200. The number of aromatic nitrogens is 1. The van der Waals surface area contributed by atoms with Crippen molar-refractivity contribution in [3.63, 3.8) is 0 Å². The molecule has 20 heavy (non-hydrogen) atoms. The van der Waals surface area contributed by atoms with Crippen LogP contribution < -0.4 is 10.6 Å². The Bertz CT molecular complexity index is 630. The van der Waals surface area contributed by atoms with E-state index < -0.39 is 0 Å². The number of benzene rings is 1. The largest absolute Gasteiger partial charge is 0.357 e. The van der Waals surface area contributed by atoms with E-state index in [2.05, 4.69) is 27.8 Å². The smallest absolute Gasteiger partial charge is 0.247 e. The summed E-state index contributed by atoms with van der Waals surface area (Å²) >= 11 is 5.87. The van der Waals surface area contributed by atoms with Crippen molar-refractivity contribution in [3.8, 4) is 0 Å². The van der Waals surface area contributed by atoms with Gasteiger partial charge in [0.05, 0.1) is 5.69 Å². The highest BCUT2D eigenvalue weighted by molar-refractivity contribution is 6.29. The molecule has 1 atom stereocenters. The van der Waals surface area contributed by atoms with Crippen LogP contribution in [-0.4, -0.2) is 16.9 Å². The quantitative estimate of drug-likeness (QED) is 0.853. The third-order valence-corrected chi connectivity index (χ3v) is 3.52. The summed E-state index contributed by atoms with van der Waals surface area (Å²) in [5, 5.41) is 6.41. The number of carbonyl (C=O) groups is 1. The van der Waals surface area contributed by atoms with Gasteiger partial charge < -0.3 is 10.6 Å². The van der Waals surface area contributed by atoms with Gasteiger partial charge in [-0.3, -0.25) is 4.79 Å². The predicted molar refractivity (Wildman–Crippen MR) is 80.1 cm³/mol. The third kappa shape index (κ3) is 2.75. The van der Waals surface area contributed by atoms with E-state index in [1.54, 1.807) is 12.1 Å². The van der Waals surface area contributed by atoms with Crippen LogP contribution in [0.15, 0.2) is 42.5 Å². The van der Waals surface area contributed by atoms with Crippen molar-refractivity contribution in [1.82, 2.24) is 4.98 Å². The minimum atomic E-state index is -0.284. The number of fused-ring (bicyclic) bond motifs is 1. The first kappa shape index (κ1) is 12.9. The molecular formula is C15H14ClN3O. The van der Waals surface area contributed by atoms with Crippen LogP contribution in [0.3, 0.4) is 0 Å². The summed E-state index contributed by atoms with van der Waals surface area (Å²) in [4.78, 5) is 16.2. The maximum Gasteiger partial charge on any atom is 0.247 e. The standard InChI is InChI=1S/C15H14ClN3O/c16-13-9-8-11-14(19-13)17-12(15(20)18-11)7-6-10-4-2-1-3-5-10/h1-5,8-9,12H,6-7H2,(H,17,19)(H,18,20). The average molecular weight is 288 g/mol. The molecule has 0 saturated heterocycles. The van der Waals surface area contributed by atoms with E-state index in [1.807, 2.05) is 18.2 Å². The molecule has 5 heteroatoms. The molecule has 1 amide bonds. The van der Waals surface area contributed by atoms with Crippen LogP contribution in [0.25, 0.3) is 0 Å². The lowest BCUT2D eigenvalue weighted by atomic mass is 10.0. The first-order chi connectivity index (χ1) is 9.72. The Labute approximate surface area is 122 Å². The third-order valence-electron chi connectivity index (χ3n) is 3.31. The van der Waals surface area contributed by atoms with Crippen LogP contribution in [-0.2, 0) is 11.2 Å². The number of nitrogens with one attached hydrogen (secondary N) is 2. The average Bonchev–Trinajstić information content (AvgIpc) is 2.46. The van der Waals surface area contributed by atoms with E-state index >= 15 is 0 Å². The Hall–Kier alpha value is -2.07. The second kappa shape index (κ2) is 5.51. The summed E-state index contributed by atoms with van der Waals surface area (Å²) < 4.78 is 0. The van der Waals surface area contributed by atoms with E-state index in [1.165, 1.54) is 5.56 Å². The molecule has 0 spiro atoms. The van der Waals surface area contributed by atoms with Crippen LogP contribution in [0, 0.1) is 0 Å². The predicted octanol–water partition coefficient (Wildman–Crippen LogP) is 3.10. The lowest BCUT2D eigenvalue weighted by Gasteiger charge is -2.25. The number of hydrogen-bond donors (Lipinski definition) is 2. The lowest BCUT2D eigenvalue weighted by Crippen LogP contribution is -2.39. The molecule has 1 unspecified atom stereocenters. The van der Waals surface area contributed by atoms with Gasteiger partial charge >= 0.3 is 0 Å². The van der Waals surface area contributed by atoms with E-state index in [0.717, 1.165) is 6.42 Å². The summed E-state index contributed by atoms with van der Waals surface area (Å²) in [5.41, 5.74) is 1.89. The van der Waals surface area contributed by atoms with Crippen LogP contribution >= 0.6 is 11.6 Å². The molecule has 2 aromatic rings. The van der Waals surface area contributed by atoms with Crippen molar-refractivity contribution >= 4 is 29.0 Å². The molecule has 0 radical (unpaired) electrons. The van der Waals surface area contributed by atoms with E-state index in [9.17, 15) is 4.79 Å². The molecule has 1 aromatic carbocycles. The summed E-state index contributed by atoms with van der Waals surface area (Å²) in [7, 11) is 0. The van der Waals surface area contributed by atoms with Gasteiger partial charge in [-0.25, -0.2) is 4.98 Å². The number of carbonyl (C=O) groups excluding carboxylic acids is 1. The number of anilines is 2. The molecule has 0 bridgehead atoms. The Morgan fingerprint density at radius 1 is 1.15 bits per heavy atom. The molecule has 1 aromatic heterocycles. The zero-order valence-corrected chi connectivity index (χ0v) is 11.5. The maximum absolute atomic E-state index is 12.0. The lowest BCUT2D eigenvalue weighted by molar-refractivity contribution is -0.117. The second-order valence-electron chi connectivity index (χ2n) is 4.74. The number of aryl methyl sites for hydroxylation is 1. The SMILES string of the molecule is O=C1Nc2ccc(Cl)nc2NC1CCc1ccccc1. The van der Waals surface area contributed by atoms with Gasteiger partial charge in [-0.2, -0.15) is 0 Å². The minimum absolute atomic E-state index is 0.0300. The highest BCUT2D eigenvalue weighted by atomic mass is 35.5. The highest BCUT2D eigenvalue weighted by Crippen LogP contribution is 2.27. The van der Waals surface area contributed by atoms with Crippen LogP contribution in [0.2, 0.25) is 5.15 Å². The van der Waals surface area contributed by atoms with Crippen LogP contribution in [0.1, 0.15) is 12.0 Å². The molecule has 102 valence electrons. The van der Waals surface area contributed by atoms with Crippen LogP contribution in [0.5, 0.6) is 0 Å². The molecular weight excluding hydrogens is 274 g/mol. The summed E-state index contributed by atoms with van der Waals surface area (Å²) in [6, 6.07) is 13.2. The topological polar surface area (TPSA) is 54.0 Å². The van der Waals surface area contributed by atoms with Gasteiger partial charge in [0.25, 0.3) is 0 Å². The fourth-order valence-electron chi connectivity index (χ4n) is 2.26. The molecule has 0 aliphatic carbocycles. The molecule has 1 aliphatic heterocycles. The first-order valence-electron chi connectivity index (χ1n) is 6.50. The second-order valence-corrected chi connectivity index (χ2v) is 5.13. The Morgan fingerprint density at radius 2 is 1.95 bits per heavy atom. The molecule has 4 nitrogen and oxygen atoms in total. The minimum Gasteiger partial charge on any atom is -0.357 e. The number of rotatable bonds is 3. The van der Waals surface area contributed by atoms with E-state index in [4.69, 9.17) is 11.6 Å². The number of hydrogen-bond acceptors (Lipinski definition) is 3. The van der Waals surface area contributed by atoms with Crippen LogP contribution in [0.4, 0.5) is 11.5 Å². The van der Waals surface area contributed by atoms with Gasteiger partial charge in [0.15, 0.2) is 5.82 Å². The monoisotopic (exact) mass is 287 g/mol. The zero-order valence-electron chi connectivity index (χ0n) is 10.8. The number of amides is 1. The van der Waals surface area contributed by atoms with Crippen molar-refractivity contribution in [2.45, 2.75) is 18.9 Å². The Morgan fingerprint density at radius 3 is 2.75 bits per heavy atom. The number of halogens is 1. The molecule has 2 N–H and O–H groups in total. The molecule has 0 saturated carbocycles. The van der Waals surface area contributed by atoms with Gasteiger partial charge in [-0.15, -0.1) is 0 Å².